The van der Waals surface area contributed by atoms with Crippen LogP contribution in [0.4, 0.5) is 0 Å². The maximum absolute atomic E-state index is 6.30. The van der Waals surface area contributed by atoms with Crippen molar-refractivity contribution in [3.05, 3.63) is 0 Å². The highest BCUT2D eigenvalue weighted by Crippen LogP contribution is 2.34. The molecule has 0 aromatic carbocycles. The summed E-state index contributed by atoms with van der Waals surface area (Å²) in [6, 6.07) is 0. The first-order valence-corrected chi connectivity index (χ1v) is 5.76. The third-order valence-electron chi connectivity index (χ3n) is 2.79. The lowest BCUT2D eigenvalue weighted by atomic mass is 9.83. The minimum Gasteiger partial charge on any atom is -0.123 e. The normalized spacial score (nSPS) is 33.8. The second-order valence-electron chi connectivity index (χ2n) is 4.20. The second kappa shape index (κ2) is 4.72. The first-order valence-electron chi connectivity index (χ1n) is 4.89. The third kappa shape index (κ3) is 2.81. The molecule has 0 amide bonds. The van der Waals surface area contributed by atoms with Gasteiger partial charge in [0, 0.05) is 10.8 Å². The van der Waals surface area contributed by atoms with Crippen molar-refractivity contribution >= 4 is 23.2 Å². The number of hydrogen-bond acceptors (Lipinski definition) is 0. The van der Waals surface area contributed by atoms with Gasteiger partial charge in [0.15, 0.2) is 0 Å². The lowest BCUT2D eigenvalue weighted by Gasteiger charge is -2.30. The predicted octanol–water partition coefficient (Wildman–Crippen LogP) is 4.05. The zero-order chi connectivity index (χ0) is 9.14. The van der Waals surface area contributed by atoms with Crippen LogP contribution in [-0.4, -0.2) is 10.8 Å². The Morgan fingerprint density at radius 3 is 2.00 bits per heavy atom. The monoisotopic (exact) mass is 208 g/mol. The van der Waals surface area contributed by atoms with E-state index in [0.717, 1.165) is 12.8 Å². The summed E-state index contributed by atoms with van der Waals surface area (Å²) in [6.07, 6.45) is 4.76. The topological polar surface area (TPSA) is 0 Å². The molecule has 0 bridgehead atoms. The van der Waals surface area contributed by atoms with Gasteiger partial charge in [0.2, 0.25) is 0 Å². The summed E-state index contributed by atoms with van der Waals surface area (Å²) in [5, 5.41) is 0.770. The first kappa shape index (κ1) is 10.7. The minimum atomic E-state index is 0.356. The van der Waals surface area contributed by atoms with Crippen LogP contribution in [0.25, 0.3) is 0 Å². The average Bonchev–Trinajstić information content (AvgIpc) is 2.04. The molecule has 0 radical (unpaired) electrons. The van der Waals surface area contributed by atoms with E-state index in [1.165, 1.54) is 12.8 Å². The third-order valence-corrected chi connectivity index (χ3v) is 4.09. The van der Waals surface area contributed by atoms with Gasteiger partial charge in [-0.3, -0.25) is 0 Å². The highest BCUT2D eigenvalue weighted by molar-refractivity contribution is 6.21. The highest BCUT2D eigenvalue weighted by atomic mass is 35.5. The Morgan fingerprint density at radius 1 is 1.08 bits per heavy atom. The van der Waals surface area contributed by atoms with E-state index in [1.807, 2.05) is 0 Å². The molecule has 1 saturated carbocycles. The van der Waals surface area contributed by atoms with Crippen LogP contribution in [0.3, 0.4) is 0 Å². The van der Waals surface area contributed by atoms with Crippen LogP contribution >= 0.6 is 23.2 Å². The van der Waals surface area contributed by atoms with Crippen LogP contribution in [-0.2, 0) is 0 Å². The quantitative estimate of drug-likeness (QED) is 0.602. The molecular formula is C10H18Cl2. The molecule has 0 aromatic rings. The van der Waals surface area contributed by atoms with Crippen molar-refractivity contribution in [3.8, 4) is 0 Å². The van der Waals surface area contributed by atoms with Crippen molar-refractivity contribution < 1.29 is 0 Å². The summed E-state index contributed by atoms with van der Waals surface area (Å²) in [4.78, 5) is 0. The maximum atomic E-state index is 6.30. The maximum Gasteiger partial charge on any atom is 0.0387 e. The standard InChI is InChI=1S/C10H18Cl2/c1-7(2)10(12)8-3-5-9(11)6-4-8/h7-10H,3-6H2,1-2H3. The van der Waals surface area contributed by atoms with Gasteiger partial charge in [-0.1, -0.05) is 13.8 Å². The first-order chi connectivity index (χ1) is 5.61. The van der Waals surface area contributed by atoms with Crippen molar-refractivity contribution in [3.63, 3.8) is 0 Å². The molecule has 1 atom stereocenters. The van der Waals surface area contributed by atoms with E-state index < -0.39 is 0 Å². The number of rotatable bonds is 2. The molecular weight excluding hydrogens is 191 g/mol. The minimum absolute atomic E-state index is 0.356. The van der Waals surface area contributed by atoms with Gasteiger partial charge in [-0.2, -0.15) is 0 Å². The van der Waals surface area contributed by atoms with Crippen molar-refractivity contribution in [1.29, 1.82) is 0 Å². The van der Waals surface area contributed by atoms with Crippen LogP contribution in [0, 0.1) is 11.8 Å². The zero-order valence-corrected chi connectivity index (χ0v) is 9.41. The van der Waals surface area contributed by atoms with Gasteiger partial charge in [-0.15, -0.1) is 23.2 Å². The van der Waals surface area contributed by atoms with Crippen LogP contribution < -0.4 is 0 Å². The summed E-state index contributed by atoms with van der Waals surface area (Å²) in [7, 11) is 0. The Hall–Kier alpha value is 0.580. The lowest BCUT2D eigenvalue weighted by molar-refractivity contribution is 0.314. The number of hydrogen-bond donors (Lipinski definition) is 0. The van der Waals surface area contributed by atoms with E-state index in [2.05, 4.69) is 13.8 Å². The molecule has 1 aliphatic carbocycles. The average molecular weight is 209 g/mol. The SMILES string of the molecule is CC(C)C(Cl)C1CCC(Cl)CC1. The fourth-order valence-corrected chi connectivity index (χ4v) is 2.45. The Bertz CT molecular complexity index is 126. The largest absolute Gasteiger partial charge is 0.123 e. The Balaban J connectivity index is 2.34. The smallest absolute Gasteiger partial charge is 0.0387 e. The van der Waals surface area contributed by atoms with Crippen molar-refractivity contribution in [2.75, 3.05) is 0 Å². The van der Waals surface area contributed by atoms with Gasteiger partial charge >= 0.3 is 0 Å². The van der Waals surface area contributed by atoms with E-state index in [9.17, 15) is 0 Å². The molecule has 1 aliphatic rings. The lowest BCUT2D eigenvalue weighted by Crippen LogP contribution is -2.25. The molecule has 1 rings (SSSR count). The fourth-order valence-electron chi connectivity index (χ4n) is 1.94. The predicted molar refractivity (Wildman–Crippen MR) is 56.1 cm³/mol. The van der Waals surface area contributed by atoms with Gasteiger partial charge in [0.05, 0.1) is 0 Å². The number of alkyl halides is 2. The van der Waals surface area contributed by atoms with E-state index in [0.29, 0.717) is 22.6 Å². The van der Waals surface area contributed by atoms with Crippen LogP contribution in [0.5, 0.6) is 0 Å². The molecule has 1 fully saturated rings. The van der Waals surface area contributed by atoms with Gasteiger partial charge < -0.3 is 0 Å². The molecule has 0 heterocycles. The second-order valence-corrected chi connectivity index (χ2v) is 5.32. The molecule has 1 unspecified atom stereocenters. The molecule has 12 heavy (non-hydrogen) atoms. The van der Waals surface area contributed by atoms with Gasteiger partial charge in [-0.05, 0) is 37.5 Å². The Morgan fingerprint density at radius 2 is 1.58 bits per heavy atom. The van der Waals surface area contributed by atoms with Gasteiger partial charge in [0.25, 0.3) is 0 Å². The van der Waals surface area contributed by atoms with Crippen LogP contribution in [0.2, 0.25) is 0 Å². The van der Waals surface area contributed by atoms with Crippen molar-refractivity contribution in [2.45, 2.75) is 50.3 Å². The van der Waals surface area contributed by atoms with E-state index >= 15 is 0 Å². The summed E-state index contributed by atoms with van der Waals surface area (Å²) >= 11 is 12.3. The molecule has 2 heteroatoms. The molecule has 72 valence electrons. The van der Waals surface area contributed by atoms with E-state index in [4.69, 9.17) is 23.2 Å². The van der Waals surface area contributed by atoms with Crippen molar-refractivity contribution in [1.82, 2.24) is 0 Å². The summed E-state index contributed by atoms with van der Waals surface area (Å²) in [6.45, 7) is 4.40. The van der Waals surface area contributed by atoms with Crippen LogP contribution in [0.15, 0.2) is 0 Å². The summed E-state index contributed by atoms with van der Waals surface area (Å²) in [5.74, 6) is 1.31. The Labute approximate surface area is 85.6 Å². The van der Waals surface area contributed by atoms with E-state index in [-0.39, 0.29) is 0 Å². The zero-order valence-electron chi connectivity index (χ0n) is 7.89. The molecule has 0 aliphatic heterocycles. The van der Waals surface area contributed by atoms with E-state index in [1.54, 1.807) is 0 Å². The molecule has 0 aromatic heterocycles. The Kier molecular flexibility index (Phi) is 4.19. The fraction of sp³-hybridized carbons (Fsp3) is 1.00. The molecule has 0 N–H and O–H groups in total. The highest BCUT2D eigenvalue weighted by Gasteiger charge is 2.26. The van der Waals surface area contributed by atoms with Crippen molar-refractivity contribution in [2.24, 2.45) is 11.8 Å². The summed E-state index contributed by atoms with van der Waals surface area (Å²) in [5.41, 5.74) is 0. The summed E-state index contributed by atoms with van der Waals surface area (Å²) < 4.78 is 0. The van der Waals surface area contributed by atoms with Gasteiger partial charge in [0.1, 0.15) is 0 Å². The molecule has 0 nitrogen and oxygen atoms in total. The molecule has 0 saturated heterocycles. The molecule has 0 spiro atoms. The number of halogens is 2. The van der Waals surface area contributed by atoms with Gasteiger partial charge in [-0.25, -0.2) is 0 Å². The van der Waals surface area contributed by atoms with Crippen LogP contribution in [0.1, 0.15) is 39.5 Å².